The molecule has 3 aromatic rings. The highest BCUT2D eigenvalue weighted by Gasteiger charge is 2.43. The predicted octanol–water partition coefficient (Wildman–Crippen LogP) is 5.06. The third kappa shape index (κ3) is 3.36. The van der Waals surface area contributed by atoms with Gasteiger partial charge in [0.2, 0.25) is 0 Å². The van der Waals surface area contributed by atoms with E-state index in [1.54, 1.807) is 24.4 Å². The van der Waals surface area contributed by atoms with Crippen molar-refractivity contribution in [3.05, 3.63) is 76.3 Å². The van der Waals surface area contributed by atoms with Crippen LogP contribution in [0.2, 0.25) is 5.02 Å². The molecule has 0 bridgehead atoms. The Morgan fingerprint density at radius 2 is 2.00 bits per heavy atom. The van der Waals surface area contributed by atoms with Gasteiger partial charge in [0, 0.05) is 29.2 Å². The highest BCUT2D eigenvalue weighted by Crippen LogP contribution is 2.46. The third-order valence-electron chi connectivity index (χ3n) is 5.54. The van der Waals surface area contributed by atoms with Gasteiger partial charge in [0.25, 0.3) is 0 Å². The number of aromatic nitrogens is 2. The molecule has 1 aliphatic heterocycles. The molecule has 0 amide bonds. The summed E-state index contributed by atoms with van der Waals surface area (Å²) in [6, 6.07) is 12.7. The molecule has 5 nitrogen and oxygen atoms in total. The van der Waals surface area contributed by atoms with E-state index in [0.717, 1.165) is 17.8 Å². The van der Waals surface area contributed by atoms with Crippen LogP contribution in [0, 0.1) is 13.8 Å². The van der Waals surface area contributed by atoms with E-state index in [9.17, 15) is 5.11 Å². The van der Waals surface area contributed by atoms with Gasteiger partial charge in [-0.05, 0) is 75.0 Å². The lowest BCUT2D eigenvalue weighted by Crippen LogP contribution is -2.29. The van der Waals surface area contributed by atoms with Gasteiger partial charge in [-0.15, -0.1) is 0 Å². The highest BCUT2D eigenvalue weighted by atomic mass is 35.5. The van der Waals surface area contributed by atoms with E-state index in [1.807, 2.05) is 23.1 Å². The highest BCUT2D eigenvalue weighted by molar-refractivity contribution is 7.80. The molecule has 2 aromatic heterocycles. The quantitative estimate of drug-likeness (QED) is 0.571. The first kappa shape index (κ1) is 19.7. The second kappa shape index (κ2) is 7.69. The van der Waals surface area contributed by atoms with Crippen LogP contribution in [0.5, 0.6) is 5.75 Å². The molecule has 150 valence electrons. The van der Waals surface area contributed by atoms with Gasteiger partial charge in [0.1, 0.15) is 5.75 Å². The van der Waals surface area contributed by atoms with Crippen molar-refractivity contribution in [3.8, 4) is 5.75 Å². The summed E-state index contributed by atoms with van der Waals surface area (Å²) < 4.78 is 2.28. The summed E-state index contributed by atoms with van der Waals surface area (Å²) >= 11 is 12.0. The Balaban J connectivity index is 1.92. The van der Waals surface area contributed by atoms with Crippen molar-refractivity contribution in [2.45, 2.75) is 39.4 Å². The summed E-state index contributed by atoms with van der Waals surface area (Å²) in [6.45, 7) is 7.26. The number of hydrogen-bond acceptors (Lipinski definition) is 3. The lowest BCUT2D eigenvalue weighted by molar-refractivity contribution is 0.472. The topological polar surface area (TPSA) is 53.3 Å². The molecule has 3 heterocycles. The lowest BCUT2D eigenvalue weighted by Gasteiger charge is -2.28. The molecule has 0 aliphatic carbocycles. The number of pyridine rings is 1. The number of hydrogen-bond donors (Lipinski definition) is 2. The SMILES string of the molecule is CCn1c(C)cc(C2C(c3ccccn3)NC(=S)N2c2cc(Cl)ccc2O)c1C. The minimum absolute atomic E-state index is 0.134. The molecule has 1 aromatic carbocycles. The zero-order valence-electron chi connectivity index (χ0n) is 16.6. The van der Waals surface area contributed by atoms with E-state index in [0.29, 0.717) is 15.8 Å². The van der Waals surface area contributed by atoms with E-state index >= 15 is 0 Å². The van der Waals surface area contributed by atoms with Crippen molar-refractivity contribution in [1.82, 2.24) is 14.9 Å². The van der Waals surface area contributed by atoms with Crippen LogP contribution in [-0.2, 0) is 6.54 Å². The fourth-order valence-electron chi connectivity index (χ4n) is 4.23. The summed E-state index contributed by atoms with van der Waals surface area (Å²) in [4.78, 5) is 6.53. The molecule has 7 heteroatoms. The molecule has 4 rings (SSSR count). The van der Waals surface area contributed by atoms with Crippen molar-refractivity contribution in [2.75, 3.05) is 4.90 Å². The second-order valence-electron chi connectivity index (χ2n) is 7.20. The summed E-state index contributed by atoms with van der Waals surface area (Å²) in [5.74, 6) is 0.134. The zero-order chi connectivity index (χ0) is 20.7. The van der Waals surface area contributed by atoms with E-state index in [1.165, 1.54) is 11.4 Å². The summed E-state index contributed by atoms with van der Waals surface area (Å²) in [5, 5.41) is 15.1. The van der Waals surface area contributed by atoms with Crippen molar-refractivity contribution < 1.29 is 5.11 Å². The number of aromatic hydroxyl groups is 1. The van der Waals surface area contributed by atoms with Crippen LogP contribution in [0.25, 0.3) is 0 Å². The second-order valence-corrected chi connectivity index (χ2v) is 8.02. The van der Waals surface area contributed by atoms with Gasteiger partial charge in [0.15, 0.2) is 5.11 Å². The van der Waals surface area contributed by atoms with Gasteiger partial charge in [-0.3, -0.25) is 4.98 Å². The van der Waals surface area contributed by atoms with Crippen LogP contribution in [0.4, 0.5) is 5.69 Å². The van der Waals surface area contributed by atoms with Crippen molar-refractivity contribution >= 4 is 34.6 Å². The molecule has 0 spiro atoms. The Bertz CT molecular complexity index is 1070. The smallest absolute Gasteiger partial charge is 0.174 e. The number of phenolic OH excluding ortho intramolecular Hbond substituents is 1. The number of nitrogens with zero attached hydrogens (tertiary/aromatic N) is 3. The maximum absolute atomic E-state index is 10.6. The van der Waals surface area contributed by atoms with Gasteiger partial charge in [-0.25, -0.2) is 0 Å². The molecular formula is C22H23ClN4OS. The molecule has 1 aliphatic rings. The molecule has 1 fully saturated rings. The molecule has 1 saturated heterocycles. The normalized spacial score (nSPS) is 18.9. The molecule has 2 N–H and O–H groups in total. The number of aryl methyl sites for hydroxylation is 1. The summed E-state index contributed by atoms with van der Waals surface area (Å²) in [6.07, 6.45) is 1.78. The molecule has 2 unspecified atom stereocenters. The van der Waals surface area contributed by atoms with Gasteiger partial charge < -0.3 is 19.9 Å². The molecule has 0 saturated carbocycles. The zero-order valence-corrected chi connectivity index (χ0v) is 18.1. The first-order chi connectivity index (χ1) is 13.9. The van der Waals surface area contributed by atoms with Gasteiger partial charge >= 0.3 is 0 Å². The number of rotatable bonds is 4. The van der Waals surface area contributed by atoms with Crippen molar-refractivity contribution in [3.63, 3.8) is 0 Å². The molecule has 2 atom stereocenters. The minimum atomic E-state index is -0.173. The minimum Gasteiger partial charge on any atom is -0.506 e. The van der Waals surface area contributed by atoms with Crippen molar-refractivity contribution in [2.24, 2.45) is 0 Å². The Morgan fingerprint density at radius 3 is 2.66 bits per heavy atom. The maximum atomic E-state index is 10.6. The van der Waals surface area contributed by atoms with Crippen LogP contribution < -0.4 is 10.2 Å². The number of benzene rings is 1. The molecule has 29 heavy (non-hydrogen) atoms. The Morgan fingerprint density at radius 1 is 1.21 bits per heavy atom. The first-order valence-corrected chi connectivity index (χ1v) is 10.4. The van der Waals surface area contributed by atoms with Crippen molar-refractivity contribution in [1.29, 1.82) is 0 Å². The lowest BCUT2D eigenvalue weighted by atomic mass is 9.96. The van der Waals surface area contributed by atoms with Crippen LogP contribution in [0.1, 0.15) is 41.7 Å². The van der Waals surface area contributed by atoms with Crippen LogP contribution >= 0.6 is 23.8 Å². The average Bonchev–Trinajstić information content (AvgIpc) is 3.19. The fourth-order valence-corrected chi connectivity index (χ4v) is 4.74. The standard InChI is InChI=1S/C22H23ClN4OS/c1-4-26-13(2)11-16(14(26)3)21-20(17-7-5-6-10-24-17)25-22(29)27(21)18-12-15(23)8-9-19(18)28/h5-12,20-21,28H,4H2,1-3H3,(H,25,29). The number of thiocarbonyl (C=S) groups is 1. The predicted molar refractivity (Wildman–Crippen MR) is 121 cm³/mol. The molecule has 0 radical (unpaired) electrons. The van der Waals surface area contributed by atoms with Crippen LogP contribution in [0.15, 0.2) is 48.7 Å². The largest absolute Gasteiger partial charge is 0.506 e. The maximum Gasteiger partial charge on any atom is 0.174 e. The first-order valence-electron chi connectivity index (χ1n) is 9.58. The van der Waals surface area contributed by atoms with Crippen LogP contribution in [0.3, 0.4) is 0 Å². The number of nitrogens with one attached hydrogen (secondary N) is 1. The third-order valence-corrected chi connectivity index (χ3v) is 6.09. The Labute approximate surface area is 180 Å². The Kier molecular flexibility index (Phi) is 5.23. The summed E-state index contributed by atoms with van der Waals surface area (Å²) in [5.41, 5.74) is 4.98. The number of halogens is 1. The van der Waals surface area contributed by atoms with E-state index in [4.69, 9.17) is 23.8 Å². The number of phenols is 1. The average molecular weight is 427 g/mol. The number of anilines is 1. The van der Waals surface area contributed by atoms with Crippen LogP contribution in [-0.4, -0.2) is 19.8 Å². The van der Waals surface area contributed by atoms with Gasteiger partial charge in [-0.2, -0.15) is 0 Å². The van der Waals surface area contributed by atoms with E-state index < -0.39 is 0 Å². The monoisotopic (exact) mass is 426 g/mol. The summed E-state index contributed by atoms with van der Waals surface area (Å²) in [7, 11) is 0. The van der Waals surface area contributed by atoms with Gasteiger partial charge in [0.05, 0.1) is 23.5 Å². The van der Waals surface area contributed by atoms with Gasteiger partial charge in [-0.1, -0.05) is 17.7 Å². The fraction of sp³-hybridized carbons (Fsp3) is 0.273. The van der Waals surface area contributed by atoms with E-state index in [2.05, 4.69) is 41.7 Å². The van der Waals surface area contributed by atoms with E-state index in [-0.39, 0.29) is 17.8 Å². The Hall–Kier alpha value is -2.57. The molecular weight excluding hydrogens is 404 g/mol.